The third kappa shape index (κ3) is 6.25. The number of hydrogen-bond acceptors (Lipinski definition) is 6. The van der Waals surface area contributed by atoms with Gasteiger partial charge >= 0.3 is 0 Å². The number of rotatable bonds is 7. The Bertz CT molecular complexity index is 1700. The van der Waals surface area contributed by atoms with Crippen molar-refractivity contribution in [3.63, 3.8) is 0 Å². The average molecular weight is 670 g/mol. The number of hydrogen-bond donors (Lipinski definition) is 0. The molecule has 0 amide bonds. The van der Waals surface area contributed by atoms with Gasteiger partial charge in [0.2, 0.25) is 0 Å². The molecule has 0 fully saturated rings. The normalized spacial score (nSPS) is 19.4. The quantitative estimate of drug-likeness (QED) is 0.185. The molecule has 1 aliphatic heterocycles. The summed E-state index contributed by atoms with van der Waals surface area (Å²) in [4.78, 5) is 41.1. The van der Waals surface area contributed by atoms with E-state index in [1.807, 2.05) is 36.4 Å². The van der Waals surface area contributed by atoms with Crippen LogP contribution in [0.15, 0.2) is 99.8 Å². The van der Waals surface area contributed by atoms with E-state index < -0.39 is 10.8 Å². The van der Waals surface area contributed by atoms with Gasteiger partial charge in [0.1, 0.15) is 12.4 Å². The van der Waals surface area contributed by atoms with Crippen molar-refractivity contribution in [2.24, 2.45) is 10.8 Å². The zero-order valence-corrected chi connectivity index (χ0v) is 27.6. The summed E-state index contributed by atoms with van der Waals surface area (Å²) in [5, 5.41) is 11.0. The summed E-state index contributed by atoms with van der Waals surface area (Å²) in [6.07, 6.45) is 2.36. The topological polar surface area (TPSA) is 89.8 Å². The predicted octanol–water partition coefficient (Wildman–Crippen LogP) is 8.82. The van der Waals surface area contributed by atoms with E-state index in [-0.39, 0.29) is 34.7 Å². The van der Waals surface area contributed by atoms with Crippen LogP contribution >= 0.6 is 15.9 Å². The Balaban J connectivity index is 1.41. The Morgan fingerprint density at radius 1 is 0.822 bits per heavy atom. The van der Waals surface area contributed by atoms with Crippen molar-refractivity contribution in [1.29, 1.82) is 0 Å². The fraction of sp³-hybridized carbons (Fsp3) is 0.351. The highest BCUT2D eigenvalue weighted by atomic mass is 79.9. The minimum atomic E-state index is -0.450. The highest BCUT2D eigenvalue weighted by Crippen LogP contribution is 2.55. The van der Waals surface area contributed by atoms with Crippen LogP contribution < -0.4 is 4.74 Å². The zero-order valence-electron chi connectivity index (χ0n) is 26.1. The van der Waals surface area contributed by atoms with Gasteiger partial charge in [-0.2, -0.15) is 0 Å². The van der Waals surface area contributed by atoms with E-state index in [9.17, 15) is 19.7 Å². The molecule has 0 radical (unpaired) electrons. The van der Waals surface area contributed by atoms with E-state index in [1.165, 1.54) is 12.1 Å². The smallest absolute Gasteiger partial charge is 0.269 e. The molecule has 0 saturated carbocycles. The number of ether oxygens (including phenoxy) is 1. The average Bonchev–Trinajstić information content (AvgIpc) is 2.97. The van der Waals surface area contributed by atoms with Gasteiger partial charge in [0.25, 0.3) is 5.69 Å². The van der Waals surface area contributed by atoms with E-state index in [2.05, 4.69) is 60.7 Å². The lowest BCUT2D eigenvalue weighted by atomic mass is 9.63. The number of ketones is 2. The summed E-state index contributed by atoms with van der Waals surface area (Å²) in [6.45, 7) is 9.45. The number of nitrogens with zero attached hydrogens (tertiary/aromatic N) is 2. The number of halogens is 1. The second-order valence-corrected chi connectivity index (χ2v) is 14.9. The molecule has 0 saturated heterocycles. The molecule has 2 aliphatic carbocycles. The number of allylic oxidation sites excluding steroid dienone is 4. The van der Waals surface area contributed by atoms with Crippen molar-refractivity contribution >= 4 is 33.2 Å². The van der Waals surface area contributed by atoms with Gasteiger partial charge in [0.05, 0.1) is 9.40 Å². The van der Waals surface area contributed by atoms with E-state index >= 15 is 0 Å². The molecule has 232 valence electrons. The zero-order chi connectivity index (χ0) is 32.1. The van der Waals surface area contributed by atoms with Gasteiger partial charge in [-0.15, -0.1) is 0 Å². The van der Waals surface area contributed by atoms with Gasteiger partial charge in [-0.3, -0.25) is 19.7 Å². The predicted molar refractivity (Wildman–Crippen MR) is 176 cm³/mol. The van der Waals surface area contributed by atoms with Gasteiger partial charge in [0, 0.05) is 60.0 Å². The summed E-state index contributed by atoms with van der Waals surface area (Å²) in [5.41, 5.74) is 6.00. The number of carbonyl (C=O) groups excluding carboxylic acids is 2. The first kappa shape index (κ1) is 31.0. The lowest BCUT2D eigenvalue weighted by Crippen LogP contribution is -2.44. The first-order valence-electron chi connectivity index (χ1n) is 15.3. The van der Waals surface area contributed by atoms with E-state index in [0.717, 1.165) is 52.1 Å². The molecule has 8 heteroatoms. The standard InChI is InChI=1S/C37H37BrN2O5/c1-36(2)17-28-34(30(41)19-36)33(25-12-15-32(27(38)16-25)45-22-24-10-13-26(14-11-24)40(43)44)35-29(18-37(3,4)20-31(35)42)39(28)21-23-8-6-5-7-9-23/h5-16,33H,17-22H2,1-4H3. The summed E-state index contributed by atoms with van der Waals surface area (Å²) in [7, 11) is 0. The molecular formula is C37H37BrN2O5. The maximum atomic E-state index is 14.1. The molecule has 0 spiro atoms. The van der Waals surface area contributed by atoms with E-state index in [1.54, 1.807) is 12.1 Å². The molecule has 0 unspecified atom stereocenters. The maximum Gasteiger partial charge on any atom is 0.269 e. The number of non-ortho nitro benzene ring substituents is 1. The molecule has 45 heavy (non-hydrogen) atoms. The Morgan fingerprint density at radius 2 is 1.40 bits per heavy atom. The largest absolute Gasteiger partial charge is 0.488 e. The van der Waals surface area contributed by atoms with Crippen LogP contribution in [0, 0.1) is 20.9 Å². The third-order valence-electron chi connectivity index (χ3n) is 9.04. The number of nitro groups is 1. The van der Waals surface area contributed by atoms with E-state index in [4.69, 9.17) is 4.74 Å². The molecule has 7 nitrogen and oxygen atoms in total. The molecule has 0 aromatic heterocycles. The Hall–Kier alpha value is -4.04. The SMILES string of the molecule is CC1(C)CC(=O)C2=C(C1)N(Cc1ccccc1)C1=C(C(=O)CC(C)(C)C1)C2c1ccc(OCc2ccc([N+](=O)[O-])cc2)c(Br)c1. The number of carbonyl (C=O) groups is 2. The summed E-state index contributed by atoms with van der Waals surface area (Å²) in [6, 6.07) is 22.3. The van der Waals surface area contributed by atoms with Gasteiger partial charge in [-0.05, 0) is 80.6 Å². The highest BCUT2D eigenvalue weighted by molar-refractivity contribution is 9.10. The van der Waals surface area contributed by atoms with Crippen LogP contribution in [0.5, 0.6) is 5.75 Å². The molecule has 3 aromatic carbocycles. The second-order valence-electron chi connectivity index (χ2n) is 14.0. The lowest BCUT2D eigenvalue weighted by Gasteiger charge is -2.49. The Labute approximate surface area is 272 Å². The molecule has 3 aliphatic rings. The van der Waals surface area contributed by atoms with Crippen molar-refractivity contribution in [1.82, 2.24) is 4.90 Å². The maximum absolute atomic E-state index is 14.1. The summed E-state index contributed by atoms with van der Waals surface area (Å²) >= 11 is 3.69. The minimum absolute atomic E-state index is 0.0303. The molecule has 3 aromatic rings. The van der Waals surface area contributed by atoms with Crippen molar-refractivity contribution in [2.45, 2.75) is 72.4 Å². The molecule has 0 bridgehead atoms. The number of nitro benzene ring substituents is 1. The summed E-state index contributed by atoms with van der Waals surface area (Å²) < 4.78 is 6.79. The Kier molecular flexibility index (Phi) is 8.06. The van der Waals surface area contributed by atoms with Crippen LogP contribution in [0.3, 0.4) is 0 Å². The van der Waals surface area contributed by atoms with Crippen LogP contribution in [0.2, 0.25) is 0 Å². The van der Waals surface area contributed by atoms with Crippen LogP contribution in [-0.2, 0) is 22.7 Å². The van der Waals surface area contributed by atoms with Crippen LogP contribution in [0.25, 0.3) is 0 Å². The second kappa shape index (κ2) is 11.7. The van der Waals surface area contributed by atoms with Crippen molar-refractivity contribution in [3.05, 3.63) is 127 Å². The molecule has 1 heterocycles. The minimum Gasteiger partial charge on any atom is -0.488 e. The Morgan fingerprint density at radius 3 is 1.93 bits per heavy atom. The fourth-order valence-corrected chi connectivity index (χ4v) is 7.54. The van der Waals surface area contributed by atoms with Crippen molar-refractivity contribution < 1.29 is 19.2 Å². The van der Waals surface area contributed by atoms with Gasteiger partial charge in [0.15, 0.2) is 11.6 Å². The monoisotopic (exact) mass is 668 g/mol. The van der Waals surface area contributed by atoms with Crippen molar-refractivity contribution in [3.8, 4) is 5.75 Å². The van der Waals surface area contributed by atoms with Crippen LogP contribution in [0.4, 0.5) is 5.69 Å². The number of benzene rings is 3. The van der Waals surface area contributed by atoms with Crippen molar-refractivity contribution in [2.75, 3.05) is 0 Å². The highest BCUT2D eigenvalue weighted by Gasteiger charge is 2.49. The third-order valence-corrected chi connectivity index (χ3v) is 9.66. The first-order valence-corrected chi connectivity index (χ1v) is 16.1. The fourth-order valence-electron chi connectivity index (χ4n) is 7.03. The van der Waals surface area contributed by atoms with Gasteiger partial charge in [-0.25, -0.2) is 0 Å². The van der Waals surface area contributed by atoms with Gasteiger partial charge in [-0.1, -0.05) is 64.1 Å². The van der Waals surface area contributed by atoms with E-state index in [0.29, 0.717) is 29.6 Å². The molecule has 6 rings (SSSR count). The molecule has 0 atom stereocenters. The molecular weight excluding hydrogens is 632 g/mol. The summed E-state index contributed by atoms with van der Waals surface area (Å²) in [5.74, 6) is 0.356. The van der Waals surface area contributed by atoms with Crippen LogP contribution in [0.1, 0.15) is 76.0 Å². The number of Topliss-reactive ketones (excluding diaryl/α,β-unsaturated/α-hetero) is 2. The lowest BCUT2D eigenvalue weighted by molar-refractivity contribution is -0.384. The molecule has 0 N–H and O–H groups in total. The van der Waals surface area contributed by atoms with Gasteiger partial charge < -0.3 is 9.64 Å². The first-order chi connectivity index (χ1) is 21.3. The van der Waals surface area contributed by atoms with Crippen LogP contribution in [-0.4, -0.2) is 21.4 Å².